The molecular formula is C17H28OS. The van der Waals surface area contributed by atoms with Crippen LogP contribution in [0.2, 0.25) is 0 Å². The highest BCUT2D eigenvalue weighted by molar-refractivity contribution is 7.12. The Morgan fingerprint density at radius 2 is 1.74 bits per heavy atom. The van der Waals surface area contributed by atoms with Crippen molar-refractivity contribution >= 4 is 11.3 Å². The monoisotopic (exact) mass is 280 g/mol. The minimum absolute atomic E-state index is 0.236. The summed E-state index contributed by atoms with van der Waals surface area (Å²) in [6.45, 7) is 11.3. The third-order valence-electron chi connectivity index (χ3n) is 4.79. The van der Waals surface area contributed by atoms with Crippen LogP contribution < -0.4 is 0 Å². The van der Waals surface area contributed by atoms with Gasteiger partial charge in [-0.15, -0.1) is 11.3 Å². The van der Waals surface area contributed by atoms with E-state index in [1.165, 1.54) is 41.0 Å². The van der Waals surface area contributed by atoms with Crippen molar-refractivity contribution in [1.29, 1.82) is 0 Å². The molecule has 2 heteroatoms. The molecule has 1 aromatic heterocycles. The van der Waals surface area contributed by atoms with Gasteiger partial charge in [-0.2, -0.15) is 0 Å². The first-order valence-corrected chi connectivity index (χ1v) is 8.35. The van der Waals surface area contributed by atoms with E-state index in [2.05, 4.69) is 40.7 Å². The van der Waals surface area contributed by atoms with Gasteiger partial charge in [0.2, 0.25) is 0 Å². The maximum Gasteiger partial charge on any atom is 0.0912 e. The number of hydrogen-bond acceptors (Lipinski definition) is 2. The van der Waals surface area contributed by atoms with Crippen LogP contribution in [0.15, 0.2) is 6.07 Å². The van der Waals surface area contributed by atoms with E-state index in [9.17, 15) is 5.11 Å². The molecule has 0 spiro atoms. The zero-order chi connectivity index (χ0) is 14.2. The summed E-state index contributed by atoms with van der Waals surface area (Å²) < 4.78 is 0. The van der Waals surface area contributed by atoms with Crippen LogP contribution in [0.5, 0.6) is 0 Å². The van der Waals surface area contributed by atoms with Crippen LogP contribution in [0, 0.1) is 31.1 Å². The summed E-state index contributed by atoms with van der Waals surface area (Å²) >= 11 is 1.77. The fraction of sp³-hybridized carbons (Fsp3) is 0.765. The van der Waals surface area contributed by atoms with Gasteiger partial charge in [0.05, 0.1) is 6.10 Å². The summed E-state index contributed by atoms with van der Waals surface area (Å²) in [7, 11) is 0. The second-order valence-corrected chi connectivity index (χ2v) is 8.61. The molecule has 0 aromatic carbocycles. The molecule has 2 rings (SSSR count). The maximum absolute atomic E-state index is 10.6. The maximum atomic E-state index is 10.6. The summed E-state index contributed by atoms with van der Waals surface area (Å²) in [6.07, 6.45) is 4.67. The van der Waals surface area contributed by atoms with Gasteiger partial charge in [-0.3, -0.25) is 0 Å². The molecule has 1 atom stereocenters. The Kier molecular flexibility index (Phi) is 4.42. The lowest BCUT2D eigenvalue weighted by Crippen LogP contribution is -2.28. The van der Waals surface area contributed by atoms with E-state index in [0.717, 1.165) is 5.92 Å². The standard InChI is InChI=1S/C17H28OS/c1-11-10-12(2)19-16(11)15(18)13-6-8-14(9-7-13)17(3,4)5/h10,13-15,18H,6-9H2,1-5H3. The first kappa shape index (κ1) is 15.1. The Bertz CT molecular complexity index is 419. The molecule has 1 saturated carbocycles. The SMILES string of the molecule is Cc1cc(C)c(C(O)C2CCC(C(C)(C)C)CC2)s1. The molecule has 108 valence electrons. The molecule has 1 fully saturated rings. The van der Waals surface area contributed by atoms with Gasteiger partial charge in [0.1, 0.15) is 0 Å². The van der Waals surface area contributed by atoms with Crippen LogP contribution in [0.3, 0.4) is 0 Å². The molecule has 0 bridgehead atoms. The Morgan fingerprint density at radius 1 is 1.16 bits per heavy atom. The summed E-state index contributed by atoms with van der Waals surface area (Å²) in [5.74, 6) is 1.29. The van der Waals surface area contributed by atoms with Crippen molar-refractivity contribution in [3.8, 4) is 0 Å². The highest BCUT2D eigenvalue weighted by atomic mass is 32.1. The number of hydrogen-bond donors (Lipinski definition) is 1. The second kappa shape index (κ2) is 5.57. The third-order valence-corrected chi connectivity index (χ3v) is 6.01. The van der Waals surface area contributed by atoms with E-state index in [4.69, 9.17) is 0 Å². The van der Waals surface area contributed by atoms with Crippen LogP contribution in [-0.4, -0.2) is 5.11 Å². The number of thiophene rings is 1. The number of aliphatic hydroxyl groups excluding tert-OH is 1. The minimum Gasteiger partial charge on any atom is -0.387 e. The zero-order valence-electron chi connectivity index (χ0n) is 13.0. The van der Waals surface area contributed by atoms with Gasteiger partial charge < -0.3 is 5.11 Å². The Balaban J connectivity index is 2.00. The van der Waals surface area contributed by atoms with Crippen LogP contribution >= 0.6 is 11.3 Å². The topological polar surface area (TPSA) is 20.2 Å². The minimum atomic E-state index is -0.236. The van der Waals surface area contributed by atoms with Crippen molar-refractivity contribution in [2.75, 3.05) is 0 Å². The first-order valence-electron chi connectivity index (χ1n) is 7.54. The summed E-state index contributed by atoms with van der Waals surface area (Å²) in [5, 5.41) is 10.6. The van der Waals surface area contributed by atoms with E-state index in [0.29, 0.717) is 11.3 Å². The fourth-order valence-electron chi connectivity index (χ4n) is 3.47. The molecule has 1 aromatic rings. The fourth-order valence-corrected chi connectivity index (χ4v) is 4.58. The highest BCUT2D eigenvalue weighted by Crippen LogP contribution is 2.44. The van der Waals surface area contributed by atoms with Gasteiger partial charge >= 0.3 is 0 Å². The lowest BCUT2D eigenvalue weighted by atomic mass is 9.69. The van der Waals surface area contributed by atoms with Crippen molar-refractivity contribution < 1.29 is 5.11 Å². The van der Waals surface area contributed by atoms with E-state index in [-0.39, 0.29) is 6.10 Å². The molecule has 1 aliphatic carbocycles. The molecule has 1 unspecified atom stereocenters. The molecule has 1 N–H and O–H groups in total. The zero-order valence-corrected chi connectivity index (χ0v) is 13.8. The van der Waals surface area contributed by atoms with E-state index < -0.39 is 0 Å². The Hall–Kier alpha value is -0.340. The van der Waals surface area contributed by atoms with Gasteiger partial charge in [0.15, 0.2) is 0 Å². The average Bonchev–Trinajstić information content (AvgIpc) is 2.66. The van der Waals surface area contributed by atoms with Crippen LogP contribution in [0.1, 0.15) is 67.9 Å². The van der Waals surface area contributed by atoms with Gasteiger partial charge in [0.25, 0.3) is 0 Å². The predicted octanol–water partition coefficient (Wildman–Crippen LogP) is 5.25. The summed E-state index contributed by atoms with van der Waals surface area (Å²) in [4.78, 5) is 2.52. The molecule has 19 heavy (non-hydrogen) atoms. The van der Waals surface area contributed by atoms with Crippen molar-refractivity contribution in [2.45, 2.75) is 66.4 Å². The molecular weight excluding hydrogens is 252 g/mol. The smallest absolute Gasteiger partial charge is 0.0912 e. The van der Waals surface area contributed by atoms with Crippen molar-refractivity contribution in [3.05, 3.63) is 21.4 Å². The normalized spacial score (nSPS) is 26.4. The Labute approximate surface area is 122 Å². The first-order chi connectivity index (χ1) is 8.79. The van der Waals surface area contributed by atoms with Crippen LogP contribution in [0.4, 0.5) is 0 Å². The van der Waals surface area contributed by atoms with Gasteiger partial charge in [-0.25, -0.2) is 0 Å². The van der Waals surface area contributed by atoms with Crippen molar-refractivity contribution in [1.82, 2.24) is 0 Å². The molecule has 1 nitrogen and oxygen atoms in total. The lowest BCUT2D eigenvalue weighted by Gasteiger charge is -2.38. The van der Waals surface area contributed by atoms with Crippen molar-refractivity contribution in [2.24, 2.45) is 17.3 Å². The highest BCUT2D eigenvalue weighted by Gasteiger charge is 2.33. The summed E-state index contributed by atoms with van der Waals surface area (Å²) in [5.41, 5.74) is 1.69. The predicted molar refractivity (Wildman–Crippen MR) is 83.7 cm³/mol. The molecule has 0 aliphatic heterocycles. The Morgan fingerprint density at radius 3 is 2.16 bits per heavy atom. The number of rotatable bonds is 2. The van der Waals surface area contributed by atoms with Gasteiger partial charge in [0, 0.05) is 9.75 Å². The molecule has 1 aliphatic rings. The number of aliphatic hydroxyl groups is 1. The second-order valence-electron chi connectivity index (χ2n) is 7.33. The van der Waals surface area contributed by atoms with E-state index in [1.54, 1.807) is 11.3 Å². The molecule has 1 heterocycles. The van der Waals surface area contributed by atoms with Crippen molar-refractivity contribution in [3.63, 3.8) is 0 Å². The van der Waals surface area contributed by atoms with E-state index in [1.807, 2.05) is 0 Å². The molecule has 0 saturated heterocycles. The van der Waals surface area contributed by atoms with Gasteiger partial charge in [-0.1, -0.05) is 20.8 Å². The summed E-state index contributed by atoms with van der Waals surface area (Å²) in [6, 6.07) is 2.20. The van der Waals surface area contributed by atoms with Crippen LogP contribution in [0.25, 0.3) is 0 Å². The average molecular weight is 280 g/mol. The number of aryl methyl sites for hydroxylation is 2. The molecule has 0 amide bonds. The molecule has 0 radical (unpaired) electrons. The third kappa shape index (κ3) is 3.41. The lowest BCUT2D eigenvalue weighted by molar-refractivity contribution is 0.0546. The van der Waals surface area contributed by atoms with Gasteiger partial charge in [-0.05, 0) is 68.4 Å². The van der Waals surface area contributed by atoms with Crippen LogP contribution in [-0.2, 0) is 0 Å². The largest absolute Gasteiger partial charge is 0.387 e. The van der Waals surface area contributed by atoms with E-state index >= 15 is 0 Å². The quantitative estimate of drug-likeness (QED) is 0.784.